The molecule has 0 unspecified atom stereocenters. The molecule has 0 spiro atoms. The van der Waals surface area contributed by atoms with Crippen LogP contribution in [0, 0.1) is 0 Å². The van der Waals surface area contributed by atoms with Crippen LogP contribution >= 0.6 is 23.2 Å². The summed E-state index contributed by atoms with van der Waals surface area (Å²) in [7, 11) is 0. The Morgan fingerprint density at radius 2 is 1.53 bits per heavy atom. The van der Waals surface area contributed by atoms with Crippen LogP contribution in [-0.2, 0) is 4.79 Å². The second kappa shape index (κ2) is 4.73. The number of hydrogen-bond donors (Lipinski definition) is 1. The summed E-state index contributed by atoms with van der Waals surface area (Å²) in [6, 6.07) is 6.24. The molecule has 0 bridgehead atoms. The lowest BCUT2D eigenvalue weighted by Gasteiger charge is -2.08. The highest BCUT2D eigenvalue weighted by Gasteiger charge is 2.16. The summed E-state index contributed by atoms with van der Waals surface area (Å²) in [6.07, 6.45) is 2.51. The van der Waals surface area contributed by atoms with Crippen molar-refractivity contribution >= 4 is 40.4 Å². The quantitative estimate of drug-likeness (QED) is 0.794. The summed E-state index contributed by atoms with van der Waals surface area (Å²) in [4.78, 5) is 15.3. The molecule has 86 valence electrons. The van der Waals surface area contributed by atoms with Crippen molar-refractivity contribution in [1.82, 2.24) is 0 Å². The molecule has 1 aromatic rings. The van der Waals surface area contributed by atoms with Gasteiger partial charge >= 0.3 is 0 Å². The van der Waals surface area contributed by atoms with Gasteiger partial charge in [-0.05, 0) is 24.3 Å². The third-order valence-corrected chi connectivity index (χ3v) is 2.66. The summed E-state index contributed by atoms with van der Waals surface area (Å²) in [5.74, 6) is -0.110. The van der Waals surface area contributed by atoms with Gasteiger partial charge in [-0.2, -0.15) is 0 Å². The topological polar surface area (TPSA) is 49.7 Å². The summed E-state index contributed by atoms with van der Waals surface area (Å²) >= 11 is 11.8. The summed E-state index contributed by atoms with van der Waals surface area (Å²) in [6.45, 7) is 0. The van der Waals surface area contributed by atoms with Crippen LogP contribution in [0.1, 0.15) is 0 Å². The second-order valence-electron chi connectivity index (χ2n) is 3.36. The molecule has 17 heavy (non-hydrogen) atoms. The van der Waals surface area contributed by atoms with Crippen molar-refractivity contribution < 1.29 is 9.90 Å². The van der Waals surface area contributed by atoms with Crippen molar-refractivity contribution in [1.29, 1.82) is 0 Å². The lowest BCUT2D eigenvalue weighted by Crippen LogP contribution is -2.07. The molecule has 0 atom stereocenters. The van der Waals surface area contributed by atoms with E-state index in [2.05, 4.69) is 4.99 Å². The monoisotopic (exact) mass is 267 g/mol. The first-order valence-electron chi connectivity index (χ1n) is 4.73. The van der Waals surface area contributed by atoms with Crippen molar-refractivity contribution in [3.8, 4) is 5.75 Å². The first kappa shape index (κ1) is 11.9. The Morgan fingerprint density at radius 1 is 1.00 bits per heavy atom. The van der Waals surface area contributed by atoms with Crippen molar-refractivity contribution in [3.05, 3.63) is 46.5 Å². The predicted octanol–water partition coefficient (Wildman–Crippen LogP) is 3.29. The molecule has 0 saturated carbocycles. The number of phenols is 1. The lowest BCUT2D eigenvalue weighted by atomic mass is 10.1. The van der Waals surface area contributed by atoms with E-state index in [0.717, 1.165) is 0 Å². The van der Waals surface area contributed by atoms with Crippen LogP contribution in [0.3, 0.4) is 0 Å². The number of ketones is 1. The number of nitrogens with zero attached hydrogens (tertiary/aromatic N) is 1. The van der Waals surface area contributed by atoms with Gasteiger partial charge in [0.1, 0.15) is 11.5 Å². The van der Waals surface area contributed by atoms with Crippen LogP contribution in [0.4, 0.5) is 5.69 Å². The van der Waals surface area contributed by atoms with Gasteiger partial charge in [0.15, 0.2) is 5.78 Å². The maximum absolute atomic E-state index is 11.1. The Hall–Kier alpha value is -1.58. The molecule has 1 N–H and O–H groups in total. The number of halogens is 2. The Kier molecular flexibility index (Phi) is 3.31. The second-order valence-corrected chi connectivity index (χ2v) is 4.18. The van der Waals surface area contributed by atoms with Crippen molar-refractivity contribution in [2.45, 2.75) is 0 Å². The Balaban J connectivity index is 2.40. The fourth-order valence-electron chi connectivity index (χ4n) is 1.31. The molecule has 0 heterocycles. The summed E-state index contributed by atoms with van der Waals surface area (Å²) in [5.41, 5.74) is 0.934. The minimum Gasteiger partial charge on any atom is -0.508 e. The molecule has 1 aliphatic rings. The molecular weight excluding hydrogens is 261 g/mol. The molecule has 1 aliphatic carbocycles. The summed E-state index contributed by atoms with van der Waals surface area (Å²) < 4.78 is 0. The number of carbonyl (C=O) groups is 1. The fourth-order valence-corrected chi connectivity index (χ4v) is 1.86. The highest BCUT2D eigenvalue weighted by Crippen LogP contribution is 2.25. The van der Waals surface area contributed by atoms with Crippen molar-refractivity contribution in [2.24, 2.45) is 4.99 Å². The molecule has 0 saturated heterocycles. The van der Waals surface area contributed by atoms with Crippen LogP contribution < -0.4 is 0 Å². The van der Waals surface area contributed by atoms with E-state index in [-0.39, 0.29) is 21.6 Å². The molecular formula is C12H7Cl2NO2. The van der Waals surface area contributed by atoms with E-state index in [0.29, 0.717) is 11.4 Å². The SMILES string of the molecule is O=C1C=C(Cl)C(=Nc2ccc(O)cc2)C(Cl)=C1. The Bertz CT molecular complexity index is 532. The average Bonchev–Trinajstić information content (AvgIpc) is 2.26. The maximum atomic E-state index is 11.1. The predicted molar refractivity (Wildman–Crippen MR) is 68.1 cm³/mol. The van der Waals surface area contributed by atoms with Gasteiger partial charge in [0.25, 0.3) is 0 Å². The van der Waals surface area contributed by atoms with Gasteiger partial charge < -0.3 is 5.11 Å². The first-order chi connectivity index (χ1) is 8.06. The first-order valence-corrected chi connectivity index (χ1v) is 5.48. The Morgan fingerprint density at radius 3 is 2.06 bits per heavy atom. The molecule has 1 aromatic carbocycles. The normalized spacial score (nSPS) is 15.4. The number of carbonyl (C=O) groups excluding carboxylic acids is 1. The molecule has 0 amide bonds. The van der Waals surface area contributed by atoms with Gasteiger partial charge in [-0.25, -0.2) is 4.99 Å². The van der Waals surface area contributed by atoms with Gasteiger partial charge in [0, 0.05) is 12.2 Å². The minimum atomic E-state index is -0.260. The highest BCUT2D eigenvalue weighted by molar-refractivity contribution is 6.58. The molecule has 5 heteroatoms. The number of benzene rings is 1. The smallest absolute Gasteiger partial charge is 0.181 e. The van der Waals surface area contributed by atoms with Gasteiger partial charge in [-0.3, -0.25) is 4.79 Å². The summed E-state index contributed by atoms with van der Waals surface area (Å²) in [5, 5.41) is 9.54. The average molecular weight is 268 g/mol. The molecule has 2 rings (SSSR count). The third kappa shape index (κ3) is 2.75. The van der Waals surface area contributed by atoms with Crippen molar-refractivity contribution in [2.75, 3.05) is 0 Å². The standard InChI is InChI=1S/C12H7Cl2NO2/c13-10-5-9(17)6-11(14)12(10)15-7-1-3-8(16)4-2-7/h1-6,16H. The van der Waals surface area contributed by atoms with Crippen LogP contribution in [0.25, 0.3) is 0 Å². The van der Waals surface area contributed by atoms with Crippen LogP contribution in [0.2, 0.25) is 0 Å². The van der Waals surface area contributed by atoms with Gasteiger partial charge in [-0.1, -0.05) is 23.2 Å². The molecule has 0 aromatic heterocycles. The zero-order chi connectivity index (χ0) is 12.4. The number of hydrogen-bond acceptors (Lipinski definition) is 3. The highest BCUT2D eigenvalue weighted by atomic mass is 35.5. The van der Waals surface area contributed by atoms with E-state index in [9.17, 15) is 4.79 Å². The van der Waals surface area contributed by atoms with E-state index in [1.807, 2.05) is 0 Å². The fraction of sp³-hybridized carbons (Fsp3) is 0. The zero-order valence-corrected chi connectivity index (χ0v) is 10.0. The zero-order valence-electron chi connectivity index (χ0n) is 8.52. The number of rotatable bonds is 1. The van der Waals surface area contributed by atoms with Crippen LogP contribution in [0.15, 0.2) is 51.5 Å². The maximum Gasteiger partial charge on any atom is 0.181 e. The molecule has 3 nitrogen and oxygen atoms in total. The van der Waals surface area contributed by atoms with E-state index in [1.54, 1.807) is 12.1 Å². The van der Waals surface area contributed by atoms with E-state index in [4.69, 9.17) is 28.3 Å². The third-order valence-electron chi connectivity index (χ3n) is 2.08. The van der Waals surface area contributed by atoms with Gasteiger partial charge in [-0.15, -0.1) is 0 Å². The lowest BCUT2D eigenvalue weighted by molar-refractivity contribution is -0.110. The van der Waals surface area contributed by atoms with E-state index in [1.165, 1.54) is 24.3 Å². The largest absolute Gasteiger partial charge is 0.508 e. The number of allylic oxidation sites excluding steroid dienone is 4. The number of phenolic OH excluding ortho intramolecular Hbond substituents is 1. The van der Waals surface area contributed by atoms with Crippen molar-refractivity contribution in [3.63, 3.8) is 0 Å². The Labute approximate surface area is 108 Å². The molecule has 0 radical (unpaired) electrons. The van der Waals surface area contributed by atoms with E-state index >= 15 is 0 Å². The van der Waals surface area contributed by atoms with E-state index < -0.39 is 0 Å². The van der Waals surface area contributed by atoms with Gasteiger partial charge in [0.05, 0.1) is 15.8 Å². The molecule has 0 aliphatic heterocycles. The van der Waals surface area contributed by atoms with Gasteiger partial charge in [0.2, 0.25) is 0 Å². The number of aromatic hydroxyl groups is 1. The number of aliphatic imine (C=N–C) groups is 1. The van der Waals surface area contributed by atoms with Crippen LogP contribution in [-0.4, -0.2) is 16.6 Å². The van der Waals surface area contributed by atoms with Crippen LogP contribution in [0.5, 0.6) is 5.75 Å². The molecule has 0 fully saturated rings. The minimum absolute atomic E-state index is 0.149.